The Morgan fingerprint density at radius 1 is 0.299 bits per heavy atom. The van der Waals surface area contributed by atoms with Gasteiger partial charge in [-0.3, -0.25) is 0 Å². The Morgan fingerprint density at radius 2 is 0.474 bits per heavy atom. The zero-order valence-corrected chi connectivity index (χ0v) is 61.2. The van der Waals surface area contributed by atoms with E-state index in [1.807, 2.05) is 12.1 Å². The molecule has 0 saturated heterocycles. The molecule has 7 nitrogen and oxygen atoms in total. The van der Waals surface area contributed by atoms with Crippen LogP contribution in [0.5, 0.6) is 5.75 Å². The zero-order chi connectivity index (χ0) is 69.4. The summed E-state index contributed by atoms with van der Waals surface area (Å²) >= 11 is -0.115. The molecule has 10 rings (SSSR count). The molecule has 0 aliphatic rings. The fourth-order valence-electron chi connectivity index (χ4n) is 8.08. The molecule has 0 radical (unpaired) electrons. The van der Waals surface area contributed by atoms with Crippen molar-refractivity contribution in [2.45, 2.75) is 141 Å². The topological polar surface area (TPSA) is 124 Å². The molecule has 0 aromatic heterocycles. The summed E-state index contributed by atoms with van der Waals surface area (Å²) in [6, 6.07) is 100. The largest absolute Gasteiger partial charge is 0.741 e. The van der Waals surface area contributed by atoms with Gasteiger partial charge in [-0.25, -0.2) is 16.8 Å². The first kappa shape index (κ1) is 86.6. The third kappa shape index (κ3) is 29.9. The maximum atomic E-state index is 10.7. The minimum atomic E-state index is -6.09. The van der Waals surface area contributed by atoms with Crippen molar-refractivity contribution in [2.75, 3.05) is 7.11 Å². The summed E-state index contributed by atoms with van der Waals surface area (Å²) in [4.78, 5) is 8.18. The van der Waals surface area contributed by atoms with Crippen LogP contribution in [0.4, 0.5) is 26.3 Å². The first-order chi connectivity index (χ1) is 44.0. The van der Waals surface area contributed by atoms with E-state index in [0.29, 0.717) is 0 Å². The molecule has 0 spiro atoms. The molecule has 0 saturated carbocycles. The van der Waals surface area contributed by atoms with Gasteiger partial charge in [0.25, 0.3) is 0 Å². The quantitative estimate of drug-likeness (QED) is 0.0415. The van der Waals surface area contributed by atoms with Crippen LogP contribution in [0.2, 0.25) is 0 Å². The Bertz CT molecular complexity index is 3800. The SMILES string of the molecule is C.C.C.CC(C)(C)c1ccc([I+]c2ccc(C(C)(C)C)cc2)cc1.CC(C)(C)c1ccc([S+](c2ccccc2)c2ccccc2)cc1.COc1ccc([I+]c2ccccc2)cc1.O=S(=O)([O-])C(F)(F)F.O=S(=O)([O-])C(F)(F)F.c1ccc([S+](c2ccccc2)c2ccccc2)cc1. The van der Waals surface area contributed by atoms with Crippen molar-refractivity contribution < 1.29 is 99.4 Å². The van der Waals surface area contributed by atoms with E-state index in [2.05, 4.69) is 329 Å². The van der Waals surface area contributed by atoms with E-state index in [1.54, 1.807) is 7.11 Å². The van der Waals surface area contributed by atoms with E-state index in [1.165, 1.54) is 60.3 Å². The van der Waals surface area contributed by atoms with Crippen LogP contribution in [0.15, 0.2) is 308 Å². The van der Waals surface area contributed by atoms with Crippen LogP contribution in [0.3, 0.4) is 0 Å². The number of rotatable bonds is 11. The number of alkyl halides is 6. The first-order valence-corrected chi connectivity index (χ1v) is 38.7. The van der Waals surface area contributed by atoms with E-state index in [9.17, 15) is 26.3 Å². The van der Waals surface area contributed by atoms with Crippen LogP contribution in [0, 0.1) is 14.3 Å². The summed E-state index contributed by atoms with van der Waals surface area (Å²) in [5, 5.41) is 0. The number of ether oxygens (including phenoxy) is 1. The molecular formula is C78H88F6I2O7S4+2. The first-order valence-electron chi connectivity index (χ1n) is 29.1. The van der Waals surface area contributed by atoms with Gasteiger partial charge in [0.05, 0.1) is 28.9 Å². The highest BCUT2D eigenvalue weighted by Crippen LogP contribution is 2.34. The van der Waals surface area contributed by atoms with Crippen LogP contribution < -0.4 is 47.1 Å². The third-order valence-corrected chi connectivity index (χ3v) is 24.0. The summed E-state index contributed by atoms with van der Waals surface area (Å²) < 4.78 is 129. The summed E-state index contributed by atoms with van der Waals surface area (Å²) in [7, 11) is -10.5. The molecule has 97 heavy (non-hydrogen) atoms. The fourth-order valence-corrected chi connectivity index (χ4v) is 16.6. The molecule has 0 heterocycles. The molecule has 0 N–H and O–H groups in total. The summed E-state index contributed by atoms with van der Waals surface area (Å²) in [6.45, 7) is 20.4. The Balaban J connectivity index is 0.000000408. The van der Waals surface area contributed by atoms with E-state index >= 15 is 0 Å². The number of hydrogen-bond acceptors (Lipinski definition) is 7. The van der Waals surface area contributed by atoms with Gasteiger partial charge < -0.3 is 13.8 Å². The average Bonchev–Trinajstić information content (AvgIpc) is 0.819. The smallest absolute Gasteiger partial charge is 0.485 e. The van der Waals surface area contributed by atoms with E-state index in [-0.39, 0.29) is 103 Å². The Labute approximate surface area is 600 Å². The predicted octanol–water partition coefficient (Wildman–Crippen LogP) is 15.1. The minimum absolute atomic E-state index is 0. The molecule has 520 valence electrons. The molecule has 0 bridgehead atoms. The van der Waals surface area contributed by atoms with Crippen molar-refractivity contribution in [1.82, 2.24) is 0 Å². The van der Waals surface area contributed by atoms with Gasteiger partial charge in [0.2, 0.25) is 0 Å². The van der Waals surface area contributed by atoms with Crippen LogP contribution in [0.25, 0.3) is 0 Å². The Morgan fingerprint density at radius 3 is 0.670 bits per heavy atom. The van der Waals surface area contributed by atoms with Gasteiger partial charge in [-0.1, -0.05) is 230 Å². The van der Waals surface area contributed by atoms with E-state index < -0.39 is 31.3 Å². The Hall–Kier alpha value is -6.44. The molecule has 19 heteroatoms. The zero-order valence-electron chi connectivity index (χ0n) is 53.6. The van der Waals surface area contributed by atoms with E-state index in [4.69, 9.17) is 30.7 Å². The van der Waals surface area contributed by atoms with Crippen LogP contribution >= 0.6 is 0 Å². The van der Waals surface area contributed by atoms with Crippen molar-refractivity contribution in [3.8, 4) is 5.75 Å². The number of benzene rings is 10. The lowest BCUT2D eigenvalue weighted by Crippen LogP contribution is -3.61. The average molecular weight is 1630 g/mol. The molecule has 10 aromatic rings. The highest BCUT2D eigenvalue weighted by molar-refractivity contribution is 7.97. The van der Waals surface area contributed by atoms with Crippen LogP contribution in [-0.4, -0.2) is 44.1 Å². The van der Waals surface area contributed by atoms with Gasteiger partial charge in [0.1, 0.15) is 5.75 Å². The molecule has 0 aliphatic carbocycles. The molecule has 0 unspecified atom stereocenters. The lowest BCUT2D eigenvalue weighted by atomic mass is 9.87. The van der Waals surface area contributed by atoms with Crippen molar-refractivity contribution in [3.05, 3.63) is 310 Å². The minimum Gasteiger partial charge on any atom is -0.741 e. The van der Waals surface area contributed by atoms with Gasteiger partial charge in [0, 0.05) is 0 Å². The molecule has 0 atom stereocenters. The number of hydrogen-bond donors (Lipinski definition) is 0. The summed E-state index contributed by atoms with van der Waals surface area (Å²) in [5.41, 5.74) is -6.41. The molecule has 10 aromatic carbocycles. The van der Waals surface area contributed by atoms with Crippen molar-refractivity contribution in [1.29, 1.82) is 0 Å². The van der Waals surface area contributed by atoms with Gasteiger partial charge >= 0.3 is 53.4 Å². The standard InChI is InChI=1S/C22H23S.C20H26I.C18H15S.C13H12IO.2CHF3O3S.3CH4/c1-22(2,3)18-14-16-21(17-15-18)23(19-10-6-4-7-11-19)20-12-8-5-9-13-20;1-19(2,3)15-7-11-17(12-8-15)21-18-13-9-16(10-14-18)20(4,5)6;1-4-10-16(11-5-1)19(17-12-6-2-7-13-17)18-14-8-3-9-15-18;1-15-13-9-7-12(8-10-13)14-11-5-3-2-4-6-11;2*2-1(3,4)8(5,6)7;;;/h4-17H,1-3H3;7-14H,1-6H3;1-15H;2-10H,1H3;2*(H,5,6,7);3*1H4/q4*+1;;;;;/p-2. The second-order valence-corrected chi connectivity index (χ2v) is 36.3. The molecular weight excluding hydrogens is 1540 g/mol. The highest BCUT2D eigenvalue weighted by atomic mass is 127. The van der Waals surface area contributed by atoms with Gasteiger partial charge in [0.15, 0.2) is 63.9 Å². The number of halogens is 8. The molecule has 0 aliphatic heterocycles. The predicted molar refractivity (Wildman–Crippen MR) is 378 cm³/mol. The summed E-state index contributed by atoms with van der Waals surface area (Å²) in [6.07, 6.45) is 0. The normalized spacial score (nSPS) is 11.4. The van der Waals surface area contributed by atoms with Gasteiger partial charge in [-0.05, 0) is 166 Å². The van der Waals surface area contributed by atoms with Gasteiger partial charge in [-0.15, -0.1) is 0 Å². The second kappa shape index (κ2) is 40.0. The highest BCUT2D eigenvalue weighted by Gasteiger charge is 2.38. The van der Waals surface area contributed by atoms with Crippen LogP contribution in [0.1, 0.15) is 101 Å². The maximum absolute atomic E-state index is 10.7. The fraction of sp³-hybridized carbons (Fsp3) is 0.231. The maximum Gasteiger partial charge on any atom is 0.485 e. The Kier molecular flexibility index (Phi) is 35.7. The van der Waals surface area contributed by atoms with E-state index in [0.717, 1.165) is 5.75 Å². The lowest BCUT2D eigenvalue weighted by molar-refractivity contribution is -0.597. The number of methoxy groups -OCH3 is 1. The van der Waals surface area contributed by atoms with Crippen molar-refractivity contribution >= 4 is 42.0 Å². The molecule has 0 amide bonds. The third-order valence-electron chi connectivity index (χ3n) is 13.1. The lowest BCUT2D eigenvalue weighted by Gasteiger charge is -2.19. The van der Waals surface area contributed by atoms with Crippen molar-refractivity contribution in [2.24, 2.45) is 0 Å². The van der Waals surface area contributed by atoms with Gasteiger partial charge in [-0.2, -0.15) is 26.3 Å². The van der Waals surface area contributed by atoms with Crippen LogP contribution in [-0.2, 0) is 58.3 Å². The summed E-state index contributed by atoms with van der Waals surface area (Å²) in [5.74, 6) is 0.927. The second-order valence-electron chi connectivity index (χ2n) is 23.4. The molecule has 0 fully saturated rings. The van der Waals surface area contributed by atoms with Crippen molar-refractivity contribution in [3.63, 3.8) is 0 Å². The monoisotopic (exact) mass is 1630 g/mol.